The fourth-order valence-electron chi connectivity index (χ4n) is 0.780. The smallest absolute Gasteiger partial charge is 0.269 e. The Bertz CT molecular complexity index is 192. The van der Waals surface area contributed by atoms with Crippen molar-refractivity contribution in [1.82, 2.24) is 5.32 Å². The molecule has 0 aromatic heterocycles. The Morgan fingerprint density at radius 2 is 2.00 bits per heavy atom. The number of rotatable bonds is 2. The molecule has 0 saturated heterocycles. The Labute approximate surface area is 72.6 Å². The maximum absolute atomic E-state index is 11.2. The van der Waals surface area contributed by atoms with Crippen LogP contribution in [0.25, 0.3) is 0 Å². The van der Waals surface area contributed by atoms with Crippen LogP contribution >= 0.6 is 0 Å². The van der Waals surface area contributed by atoms with Gasteiger partial charge in [-0.3, -0.25) is 4.79 Å². The summed E-state index contributed by atoms with van der Waals surface area (Å²) >= 11 is 0. The molecule has 4 heteroatoms. The van der Waals surface area contributed by atoms with Crippen LogP contribution in [-0.2, 0) is 4.79 Å². The van der Waals surface area contributed by atoms with Crippen LogP contribution in [0, 0.1) is 5.41 Å². The second-order valence-corrected chi connectivity index (χ2v) is 3.56. The third kappa shape index (κ3) is 2.90. The van der Waals surface area contributed by atoms with E-state index in [9.17, 15) is 4.79 Å². The molecule has 0 spiro atoms. The van der Waals surface area contributed by atoms with Crippen LogP contribution in [0.2, 0.25) is 0 Å². The predicted octanol–water partition coefficient (Wildman–Crippen LogP) is 0.999. The van der Waals surface area contributed by atoms with E-state index in [-0.39, 0.29) is 11.6 Å². The molecule has 0 unspecified atom stereocenters. The molecule has 0 heterocycles. The van der Waals surface area contributed by atoms with Crippen LogP contribution in [0.1, 0.15) is 27.7 Å². The van der Waals surface area contributed by atoms with E-state index in [1.54, 1.807) is 0 Å². The van der Waals surface area contributed by atoms with Gasteiger partial charge in [0.25, 0.3) is 5.91 Å². The summed E-state index contributed by atoms with van der Waals surface area (Å²) in [6.45, 7) is 7.80. The zero-order valence-electron chi connectivity index (χ0n) is 8.01. The Morgan fingerprint density at radius 1 is 1.50 bits per heavy atom. The first kappa shape index (κ1) is 10.9. The molecule has 0 fully saturated rings. The van der Waals surface area contributed by atoms with Crippen LogP contribution in [0.5, 0.6) is 0 Å². The van der Waals surface area contributed by atoms with Crippen molar-refractivity contribution < 1.29 is 10.0 Å². The number of hydrogen-bond acceptors (Lipinski definition) is 3. The normalized spacial score (nSPS) is 12.8. The maximum Gasteiger partial charge on any atom is 0.269 e. The van der Waals surface area contributed by atoms with Crippen molar-refractivity contribution >= 4 is 11.6 Å². The summed E-state index contributed by atoms with van der Waals surface area (Å²) in [6.07, 6.45) is 0. The molecule has 12 heavy (non-hydrogen) atoms. The molecule has 4 nitrogen and oxygen atoms in total. The zero-order chi connectivity index (χ0) is 9.78. The summed E-state index contributed by atoms with van der Waals surface area (Å²) in [7, 11) is 0. The Morgan fingerprint density at radius 3 is 2.25 bits per heavy atom. The number of carbonyl (C=O) groups is 1. The summed E-state index contributed by atoms with van der Waals surface area (Å²) in [6, 6.07) is 0. The lowest BCUT2D eigenvalue weighted by Crippen LogP contribution is -2.38. The van der Waals surface area contributed by atoms with Gasteiger partial charge in [0.1, 0.15) is 5.71 Å². The molecule has 2 N–H and O–H groups in total. The van der Waals surface area contributed by atoms with Crippen molar-refractivity contribution in [2.24, 2.45) is 10.6 Å². The standard InChI is InChI=1S/C8H16N2O2/c1-5-9-7(11)6(10-12)8(2,3)4/h12H,5H2,1-4H3,(H,9,11). The lowest BCUT2D eigenvalue weighted by Gasteiger charge is -2.18. The molecule has 70 valence electrons. The summed E-state index contributed by atoms with van der Waals surface area (Å²) in [4.78, 5) is 11.2. The van der Waals surface area contributed by atoms with E-state index in [0.29, 0.717) is 6.54 Å². The van der Waals surface area contributed by atoms with Crippen molar-refractivity contribution in [3.8, 4) is 0 Å². The molecule has 0 aliphatic heterocycles. The lowest BCUT2D eigenvalue weighted by atomic mass is 9.89. The summed E-state index contributed by atoms with van der Waals surface area (Å²) < 4.78 is 0. The number of hydrogen-bond donors (Lipinski definition) is 2. The van der Waals surface area contributed by atoms with Gasteiger partial charge in [-0.15, -0.1) is 0 Å². The molecule has 0 aromatic rings. The minimum atomic E-state index is -0.423. The number of nitrogens with one attached hydrogen (secondary N) is 1. The van der Waals surface area contributed by atoms with Gasteiger partial charge in [-0.2, -0.15) is 0 Å². The van der Waals surface area contributed by atoms with Gasteiger partial charge >= 0.3 is 0 Å². The number of nitrogens with zero attached hydrogens (tertiary/aromatic N) is 1. The molecule has 1 amide bonds. The fourth-order valence-corrected chi connectivity index (χ4v) is 0.780. The molecule has 0 aliphatic rings. The second-order valence-electron chi connectivity index (χ2n) is 3.56. The van der Waals surface area contributed by atoms with Crippen LogP contribution < -0.4 is 5.32 Å². The van der Waals surface area contributed by atoms with E-state index in [2.05, 4.69) is 10.5 Å². The second kappa shape index (κ2) is 4.09. The van der Waals surface area contributed by atoms with Gasteiger partial charge in [-0.25, -0.2) is 0 Å². The molecule has 0 saturated carbocycles. The van der Waals surface area contributed by atoms with Gasteiger partial charge in [0.05, 0.1) is 0 Å². The lowest BCUT2D eigenvalue weighted by molar-refractivity contribution is -0.115. The van der Waals surface area contributed by atoms with E-state index in [1.165, 1.54) is 0 Å². The van der Waals surface area contributed by atoms with Crippen molar-refractivity contribution in [3.63, 3.8) is 0 Å². The highest BCUT2D eigenvalue weighted by atomic mass is 16.4. The van der Waals surface area contributed by atoms with Gasteiger partial charge in [0, 0.05) is 12.0 Å². The number of carbonyl (C=O) groups excluding carboxylic acids is 1. The predicted molar refractivity (Wildman–Crippen MR) is 47.4 cm³/mol. The highest BCUT2D eigenvalue weighted by Crippen LogP contribution is 2.15. The Hall–Kier alpha value is -1.06. The molecule has 0 atom stereocenters. The first-order chi connectivity index (χ1) is 5.43. The van der Waals surface area contributed by atoms with Crippen molar-refractivity contribution in [2.45, 2.75) is 27.7 Å². The van der Waals surface area contributed by atoms with Crippen LogP contribution in [0.3, 0.4) is 0 Å². The zero-order valence-corrected chi connectivity index (χ0v) is 8.01. The molecular formula is C8H16N2O2. The molecule has 0 radical (unpaired) electrons. The van der Waals surface area contributed by atoms with Gasteiger partial charge < -0.3 is 10.5 Å². The quantitative estimate of drug-likeness (QED) is 0.371. The van der Waals surface area contributed by atoms with Crippen LogP contribution in [-0.4, -0.2) is 23.4 Å². The minimum Gasteiger partial charge on any atom is -0.410 e. The topological polar surface area (TPSA) is 61.7 Å². The summed E-state index contributed by atoms with van der Waals surface area (Å²) in [5.41, 5.74) is -0.266. The number of amides is 1. The summed E-state index contributed by atoms with van der Waals surface area (Å²) in [5, 5.41) is 14.1. The largest absolute Gasteiger partial charge is 0.410 e. The van der Waals surface area contributed by atoms with E-state index in [1.807, 2.05) is 27.7 Å². The van der Waals surface area contributed by atoms with Crippen LogP contribution in [0.15, 0.2) is 5.16 Å². The van der Waals surface area contributed by atoms with E-state index in [0.717, 1.165) is 0 Å². The van der Waals surface area contributed by atoms with Gasteiger partial charge in [-0.05, 0) is 6.92 Å². The Balaban J connectivity index is 4.49. The van der Waals surface area contributed by atoms with E-state index in [4.69, 9.17) is 5.21 Å². The molecule has 0 rings (SSSR count). The van der Waals surface area contributed by atoms with Crippen molar-refractivity contribution in [1.29, 1.82) is 0 Å². The van der Waals surface area contributed by atoms with Gasteiger partial charge in [0.2, 0.25) is 0 Å². The average Bonchev–Trinajstić information content (AvgIpc) is 1.85. The molecule has 0 aromatic carbocycles. The number of oxime groups is 1. The highest BCUT2D eigenvalue weighted by Gasteiger charge is 2.25. The molecule has 0 bridgehead atoms. The van der Waals surface area contributed by atoms with E-state index < -0.39 is 5.41 Å². The van der Waals surface area contributed by atoms with Crippen molar-refractivity contribution in [3.05, 3.63) is 0 Å². The van der Waals surface area contributed by atoms with Gasteiger partial charge in [0.15, 0.2) is 0 Å². The first-order valence-corrected chi connectivity index (χ1v) is 3.94. The monoisotopic (exact) mass is 172 g/mol. The average molecular weight is 172 g/mol. The molecular weight excluding hydrogens is 156 g/mol. The summed E-state index contributed by atoms with van der Waals surface area (Å²) in [5.74, 6) is -0.312. The van der Waals surface area contributed by atoms with Crippen LogP contribution in [0.4, 0.5) is 0 Å². The molecule has 0 aliphatic carbocycles. The SMILES string of the molecule is CCNC(=O)C(=NO)C(C)(C)C. The highest BCUT2D eigenvalue weighted by molar-refractivity contribution is 6.40. The fraction of sp³-hybridized carbons (Fsp3) is 0.750. The third-order valence-corrected chi connectivity index (χ3v) is 1.36. The van der Waals surface area contributed by atoms with E-state index >= 15 is 0 Å². The maximum atomic E-state index is 11.2. The third-order valence-electron chi connectivity index (χ3n) is 1.36. The van der Waals surface area contributed by atoms with Crippen molar-refractivity contribution in [2.75, 3.05) is 6.54 Å². The Kier molecular flexibility index (Phi) is 3.73. The van der Waals surface area contributed by atoms with Gasteiger partial charge in [-0.1, -0.05) is 25.9 Å². The minimum absolute atomic E-state index is 0.157. The first-order valence-electron chi connectivity index (χ1n) is 3.94.